The number of hydrogen-bond donors (Lipinski definition) is 2. The van der Waals surface area contributed by atoms with Crippen molar-refractivity contribution < 1.29 is 19.4 Å². The number of rotatable bonds is 7. The molecule has 2 unspecified atom stereocenters. The number of carbonyl (C=O) groups excluding carboxylic acids is 1. The molecule has 0 spiro atoms. The topological polar surface area (TPSA) is 75.6 Å². The Labute approximate surface area is 159 Å². The van der Waals surface area contributed by atoms with E-state index in [0.717, 1.165) is 24.8 Å². The van der Waals surface area contributed by atoms with Crippen LogP contribution in [0.25, 0.3) is 0 Å². The van der Waals surface area contributed by atoms with Crippen LogP contribution in [0.15, 0.2) is 48.5 Å². The predicted molar refractivity (Wildman–Crippen MR) is 103 cm³/mol. The molecule has 2 N–H and O–H groups in total. The van der Waals surface area contributed by atoms with E-state index in [1.807, 2.05) is 25.1 Å². The molecule has 0 radical (unpaired) electrons. The van der Waals surface area contributed by atoms with Crippen molar-refractivity contribution in [2.45, 2.75) is 44.6 Å². The summed E-state index contributed by atoms with van der Waals surface area (Å²) in [4.78, 5) is 23.1. The Morgan fingerprint density at radius 3 is 2.67 bits per heavy atom. The van der Waals surface area contributed by atoms with E-state index in [1.54, 1.807) is 12.1 Å². The van der Waals surface area contributed by atoms with Gasteiger partial charge in [0.05, 0.1) is 6.04 Å². The highest BCUT2D eigenvalue weighted by Gasteiger charge is 2.23. The summed E-state index contributed by atoms with van der Waals surface area (Å²) in [5, 5.41) is 11.7. The molecule has 0 bridgehead atoms. The average molecular weight is 367 g/mol. The number of fused-ring (bicyclic) bond motifs is 1. The van der Waals surface area contributed by atoms with Crippen LogP contribution in [-0.2, 0) is 16.0 Å². The highest BCUT2D eigenvalue weighted by Crippen LogP contribution is 2.33. The van der Waals surface area contributed by atoms with Crippen molar-refractivity contribution in [1.29, 1.82) is 0 Å². The third-order valence-electron chi connectivity index (χ3n) is 5.05. The number of carboxylic acids is 1. The quantitative estimate of drug-likeness (QED) is 0.780. The van der Waals surface area contributed by atoms with Crippen molar-refractivity contribution in [1.82, 2.24) is 5.32 Å². The van der Waals surface area contributed by atoms with E-state index >= 15 is 0 Å². The second kappa shape index (κ2) is 8.71. The maximum atomic E-state index is 12.5. The molecule has 1 aliphatic carbocycles. The van der Waals surface area contributed by atoms with Crippen LogP contribution in [0.1, 0.15) is 54.8 Å². The van der Waals surface area contributed by atoms with Crippen molar-refractivity contribution in [2.24, 2.45) is 0 Å². The summed E-state index contributed by atoms with van der Waals surface area (Å²) in [6, 6.07) is 15.4. The van der Waals surface area contributed by atoms with Gasteiger partial charge in [-0.2, -0.15) is 0 Å². The second-order valence-corrected chi connectivity index (χ2v) is 7.03. The van der Waals surface area contributed by atoms with Crippen molar-refractivity contribution in [3.63, 3.8) is 0 Å². The van der Waals surface area contributed by atoms with Crippen LogP contribution in [-0.4, -0.2) is 23.6 Å². The molecule has 5 heteroatoms. The van der Waals surface area contributed by atoms with E-state index in [0.29, 0.717) is 12.2 Å². The summed E-state index contributed by atoms with van der Waals surface area (Å²) in [6.45, 7) is 1.58. The number of carbonyl (C=O) groups is 2. The number of aryl methyl sites for hydroxylation is 1. The van der Waals surface area contributed by atoms with Crippen LogP contribution in [0.4, 0.5) is 0 Å². The average Bonchev–Trinajstić information content (AvgIpc) is 2.67. The molecule has 2 atom stereocenters. The molecule has 0 fully saturated rings. The van der Waals surface area contributed by atoms with Crippen LogP contribution in [0.5, 0.6) is 5.75 Å². The molecule has 2 aromatic carbocycles. The van der Waals surface area contributed by atoms with Crippen molar-refractivity contribution in [3.05, 3.63) is 65.2 Å². The van der Waals surface area contributed by atoms with Gasteiger partial charge in [0.2, 0.25) is 5.91 Å². The summed E-state index contributed by atoms with van der Waals surface area (Å²) >= 11 is 0. The van der Waals surface area contributed by atoms with Crippen LogP contribution in [0.3, 0.4) is 0 Å². The third kappa shape index (κ3) is 5.09. The monoisotopic (exact) mass is 367 g/mol. The molecule has 1 aliphatic rings. The zero-order valence-corrected chi connectivity index (χ0v) is 15.5. The van der Waals surface area contributed by atoms with Crippen molar-refractivity contribution in [3.8, 4) is 5.75 Å². The number of ether oxygens (including phenoxy) is 1. The highest BCUT2D eigenvalue weighted by atomic mass is 16.5. The largest absolute Gasteiger partial charge is 0.482 e. The normalized spacial score (nSPS) is 16.9. The first-order chi connectivity index (χ1) is 13.0. The molecule has 2 aromatic rings. The van der Waals surface area contributed by atoms with Gasteiger partial charge >= 0.3 is 5.97 Å². The standard InChI is InChI=1S/C22H25NO4/c1-15(16-9-11-19(12-10-16)27-14-22(25)26)23-21(24)13-18-7-4-6-17-5-2-3-8-20(17)18/h2-3,5,8-12,15,18H,4,6-7,13-14H2,1H3,(H,23,24)(H,25,26). The molecule has 0 aromatic heterocycles. The fraction of sp³-hybridized carbons (Fsp3) is 0.364. The SMILES string of the molecule is CC(NC(=O)CC1CCCc2ccccc21)c1ccc(OCC(=O)O)cc1. The zero-order valence-electron chi connectivity index (χ0n) is 15.5. The Hall–Kier alpha value is -2.82. The van der Waals surface area contributed by atoms with E-state index in [4.69, 9.17) is 9.84 Å². The van der Waals surface area contributed by atoms with Gasteiger partial charge in [-0.15, -0.1) is 0 Å². The summed E-state index contributed by atoms with van der Waals surface area (Å²) in [7, 11) is 0. The lowest BCUT2D eigenvalue weighted by atomic mass is 9.81. The number of benzene rings is 2. The number of aliphatic carboxylic acids is 1. The Morgan fingerprint density at radius 2 is 1.93 bits per heavy atom. The Morgan fingerprint density at radius 1 is 1.19 bits per heavy atom. The summed E-state index contributed by atoms with van der Waals surface area (Å²) < 4.78 is 5.13. The van der Waals surface area contributed by atoms with Gasteiger partial charge in [0.1, 0.15) is 5.75 Å². The zero-order chi connectivity index (χ0) is 19.2. The first-order valence-electron chi connectivity index (χ1n) is 9.34. The lowest BCUT2D eigenvalue weighted by Crippen LogP contribution is -2.28. The fourth-order valence-electron chi connectivity index (χ4n) is 3.67. The van der Waals surface area contributed by atoms with E-state index < -0.39 is 5.97 Å². The molecule has 0 saturated heterocycles. The van der Waals surface area contributed by atoms with Gasteiger partial charge in [0.15, 0.2) is 6.61 Å². The third-order valence-corrected chi connectivity index (χ3v) is 5.05. The van der Waals surface area contributed by atoms with Gasteiger partial charge in [-0.3, -0.25) is 4.79 Å². The fourth-order valence-corrected chi connectivity index (χ4v) is 3.67. The Kier molecular flexibility index (Phi) is 6.12. The number of hydrogen-bond acceptors (Lipinski definition) is 3. The van der Waals surface area contributed by atoms with Gasteiger partial charge in [0, 0.05) is 6.42 Å². The Bertz CT molecular complexity index is 800. The van der Waals surface area contributed by atoms with E-state index in [1.165, 1.54) is 11.1 Å². The minimum absolute atomic E-state index is 0.0513. The molecular formula is C22H25NO4. The molecule has 27 heavy (non-hydrogen) atoms. The van der Waals surface area contributed by atoms with Gasteiger partial charge in [-0.1, -0.05) is 36.4 Å². The van der Waals surface area contributed by atoms with Crippen LogP contribution in [0, 0.1) is 0 Å². The number of amides is 1. The minimum atomic E-state index is -1.01. The second-order valence-electron chi connectivity index (χ2n) is 7.03. The predicted octanol–water partition coefficient (Wildman–Crippen LogP) is 3.84. The molecule has 1 amide bonds. The maximum absolute atomic E-state index is 12.5. The first kappa shape index (κ1) is 19.0. The highest BCUT2D eigenvalue weighted by molar-refractivity contribution is 5.77. The summed E-state index contributed by atoms with van der Waals surface area (Å²) in [5.74, 6) is -0.174. The number of carboxylic acid groups (broad SMARTS) is 1. The molecule has 142 valence electrons. The van der Waals surface area contributed by atoms with Crippen LogP contribution >= 0.6 is 0 Å². The smallest absolute Gasteiger partial charge is 0.341 e. The van der Waals surface area contributed by atoms with Gasteiger partial charge in [0.25, 0.3) is 0 Å². The van der Waals surface area contributed by atoms with E-state index in [2.05, 4.69) is 23.5 Å². The summed E-state index contributed by atoms with van der Waals surface area (Å²) in [6.07, 6.45) is 3.78. The van der Waals surface area contributed by atoms with Crippen molar-refractivity contribution in [2.75, 3.05) is 6.61 Å². The Balaban J connectivity index is 1.56. The number of nitrogens with one attached hydrogen (secondary N) is 1. The van der Waals surface area contributed by atoms with Crippen LogP contribution in [0.2, 0.25) is 0 Å². The van der Waals surface area contributed by atoms with Gasteiger partial charge < -0.3 is 15.2 Å². The lowest BCUT2D eigenvalue weighted by molar-refractivity contribution is -0.139. The molecule has 5 nitrogen and oxygen atoms in total. The van der Waals surface area contributed by atoms with Crippen molar-refractivity contribution >= 4 is 11.9 Å². The van der Waals surface area contributed by atoms with E-state index in [9.17, 15) is 9.59 Å². The molecule has 0 saturated carbocycles. The molecule has 0 aliphatic heterocycles. The van der Waals surface area contributed by atoms with Crippen LogP contribution < -0.4 is 10.1 Å². The van der Waals surface area contributed by atoms with Gasteiger partial charge in [-0.25, -0.2) is 4.79 Å². The van der Waals surface area contributed by atoms with Gasteiger partial charge in [-0.05, 0) is 60.9 Å². The summed E-state index contributed by atoms with van der Waals surface area (Å²) in [5.41, 5.74) is 3.63. The first-order valence-corrected chi connectivity index (χ1v) is 9.34. The molecular weight excluding hydrogens is 342 g/mol. The molecule has 0 heterocycles. The molecule has 3 rings (SSSR count). The maximum Gasteiger partial charge on any atom is 0.341 e. The minimum Gasteiger partial charge on any atom is -0.482 e. The lowest BCUT2D eigenvalue weighted by Gasteiger charge is -2.25. The van der Waals surface area contributed by atoms with E-state index in [-0.39, 0.29) is 24.5 Å².